The van der Waals surface area contributed by atoms with E-state index in [1.165, 1.54) is 19.4 Å². The molecular weight excluding hydrogens is 443 g/mol. The number of aliphatic hydroxyl groups excluding tert-OH is 1. The normalized spacial score (nSPS) is 24.1. The van der Waals surface area contributed by atoms with Gasteiger partial charge in [0.25, 0.3) is 0 Å². The number of aliphatic imine (C=N–C) groups is 1. The van der Waals surface area contributed by atoms with E-state index in [1.54, 1.807) is 0 Å². The first-order valence-electron chi connectivity index (χ1n) is 10.1. The molecule has 6 nitrogen and oxygen atoms in total. The molecule has 0 amide bonds. The maximum atomic E-state index is 9.38. The molecule has 2 atom stereocenters. The minimum absolute atomic E-state index is 0. The second kappa shape index (κ2) is 12.4. The molecule has 26 heavy (non-hydrogen) atoms. The molecule has 2 fully saturated rings. The second-order valence-electron chi connectivity index (χ2n) is 7.50. The first-order valence-corrected chi connectivity index (χ1v) is 10.1. The van der Waals surface area contributed by atoms with E-state index < -0.39 is 0 Å². The van der Waals surface area contributed by atoms with Gasteiger partial charge in [0.15, 0.2) is 5.96 Å². The quantitative estimate of drug-likeness (QED) is 0.267. The highest BCUT2D eigenvalue weighted by Gasteiger charge is 2.32. The molecule has 0 radical (unpaired) electrons. The van der Waals surface area contributed by atoms with Crippen molar-refractivity contribution in [3.05, 3.63) is 0 Å². The van der Waals surface area contributed by atoms with Crippen molar-refractivity contribution >= 4 is 29.9 Å². The molecule has 2 unspecified atom stereocenters. The molecule has 0 aromatic heterocycles. The van der Waals surface area contributed by atoms with Crippen LogP contribution in [0.15, 0.2) is 4.99 Å². The van der Waals surface area contributed by atoms with Gasteiger partial charge in [-0.15, -0.1) is 24.0 Å². The molecule has 0 aromatic carbocycles. The number of nitrogens with one attached hydrogen (secondary N) is 2. The Labute approximate surface area is 176 Å². The minimum Gasteiger partial charge on any atom is -0.396 e. The van der Waals surface area contributed by atoms with E-state index in [2.05, 4.69) is 36.3 Å². The predicted molar refractivity (Wildman–Crippen MR) is 118 cm³/mol. The summed E-state index contributed by atoms with van der Waals surface area (Å²) in [6.07, 6.45) is 5.71. The topological polar surface area (TPSA) is 69.1 Å². The molecule has 2 rings (SSSR count). The third-order valence-electron chi connectivity index (χ3n) is 6.02. The third kappa shape index (κ3) is 6.80. The monoisotopic (exact) mass is 482 g/mol. The summed E-state index contributed by atoms with van der Waals surface area (Å²) in [5.74, 6) is 0.860. The van der Waals surface area contributed by atoms with Crippen LogP contribution in [0.25, 0.3) is 0 Å². The van der Waals surface area contributed by atoms with Crippen LogP contribution < -0.4 is 10.6 Å². The highest BCUT2D eigenvalue weighted by atomic mass is 127. The van der Waals surface area contributed by atoms with Crippen molar-refractivity contribution < 1.29 is 9.84 Å². The van der Waals surface area contributed by atoms with E-state index >= 15 is 0 Å². The van der Waals surface area contributed by atoms with Crippen molar-refractivity contribution in [2.75, 3.05) is 45.9 Å². The molecule has 0 saturated carbocycles. The summed E-state index contributed by atoms with van der Waals surface area (Å²) in [7, 11) is 0. The summed E-state index contributed by atoms with van der Waals surface area (Å²) >= 11 is 0. The Morgan fingerprint density at radius 1 is 1.27 bits per heavy atom. The largest absolute Gasteiger partial charge is 0.396 e. The average Bonchev–Trinajstić information content (AvgIpc) is 3.10. The van der Waals surface area contributed by atoms with E-state index in [0.29, 0.717) is 6.04 Å². The Hall–Kier alpha value is -0.120. The third-order valence-corrected chi connectivity index (χ3v) is 6.02. The first-order chi connectivity index (χ1) is 12.2. The van der Waals surface area contributed by atoms with Crippen molar-refractivity contribution in [3.8, 4) is 0 Å². The SMILES string of the molecule is CCNC(=NCC(CC)(CC)CCO)NCC1CN2CCCC2CO1.I. The van der Waals surface area contributed by atoms with Crippen LogP contribution in [0.4, 0.5) is 0 Å². The summed E-state index contributed by atoms with van der Waals surface area (Å²) in [4.78, 5) is 7.38. The lowest BCUT2D eigenvalue weighted by Crippen LogP contribution is -2.51. The van der Waals surface area contributed by atoms with Gasteiger partial charge in [-0.05, 0) is 51.0 Å². The van der Waals surface area contributed by atoms with Crippen LogP contribution in [-0.4, -0.2) is 74.0 Å². The molecular formula is C19H39IN4O2. The van der Waals surface area contributed by atoms with Gasteiger partial charge in [0, 0.05) is 38.8 Å². The van der Waals surface area contributed by atoms with Gasteiger partial charge in [-0.2, -0.15) is 0 Å². The van der Waals surface area contributed by atoms with Crippen molar-refractivity contribution in [2.24, 2.45) is 10.4 Å². The number of hydrogen-bond acceptors (Lipinski definition) is 4. The average molecular weight is 482 g/mol. The molecule has 2 heterocycles. The molecule has 0 spiro atoms. The minimum atomic E-state index is 0. The predicted octanol–water partition coefficient (Wildman–Crippen LogP) is 2.21. The van der Waals surface area contributed by atoms with Gasteiger partial charge in [0.2, 0.25) is 0 Å². The molecule has 154 valence electrons. The van der Waals surface area contributed by atoms with Gasteiger partial charge >= 0.3 is 0 Å². The zero-order chi connectivity index (χ0) is 18.1. The van der Waals surface area contributed by atoms with Gasteiger partial charge in [-0.3, -0.25) is 9.89 Å². The summed E-state index contributed by atoms with van der Waals surface area (Å²) in [6, 6.07) is 0.645. The maximum Gasteiger partial charge on any atom is 0.191 e. The number of morpholine rings is 1. The molecule has 2 saturated heterocycles. The van der Waals surface area contributed by atoms with E-state index in [9.17, 15) is 5.11 Å². The molecule has 7 heteroatoms. The number of guanidine groups is 1. The van der Waals surface area contributed by atoms with E-state index in [-0.39, 0.29) is 42.1 Å². The van der Waals surface area contributed by atoms with Gasteiger partial charge in [-0.1, -0.05) is 13.8 Å². The van der Waals surface area contributed by atoms with Crippen LogP contribution in [0.1, 0.15) is 52.9 Å². The van der Waals surface area contributed by atoms with Crippen molar-refractivity contribution in [1.29, 1.82) is 0 Å². The van der Waals surface area contributed by atoms with Crippen LogP contribution in [0, 0.1) is 5.41 Å². The van der Waals surface area contributed by atoms with Crippen molar-refractivity contribution in [1.82, 2.24) is 15.5 Å². The fraction of sp³-hybridized carbons (Fsp3) is 0.947. The van der Waals surface area contributed by atoms with Crippen LogP contribution in [0.5, 0.6) is 0 Å². The lowest BCUT2D eigenvalue weighted by atomic mass is 9.79. The maximum absolute atomic E-state index is 9.38. The number of hydrogen-bond donors (Lipinski definition) is 3. The fourth-order valence-electron chi connectivity index (χ4n) is 3.95. The van der Waals surface area contributed by atoms with Crippen LogP contribution in [0.3, 0.4) is 0 Å². The van der Waals surface area contributed by atoms with Crippen LogP contribution in [-0.2, 0) is 4.74 Å². The fourth-order valence-corrected chi connectivity index (χ4v) is 3.95. The lowest BCUT2D eigenvalue weighted by Gasteiger charge is -2.35. The van der Waals surface area contributed by atoms with Gasteiger partial charge in [-0.25, -0.2) is 0 Å². The highest BCUT2D eigenvalue weighted by molar-refractivity contribution is 14.0. The highest BCUT2D eigenvalue weighted by Crippen LogP contribution is 2.30. The zero-order valence-electron chi connectivity index (χ0n) is 16.8. The van der Waals surface area contributed by atoms with E-state index in [0.717, 1.165) is 58.0 Å². The smallest absolute Gasteiger partial charge is 0.191 e. The first kappa shape index (κ1) is 23.9. The van der Waals surface area contributed by atoms with Crippen molar-refractivity contribution in [2.45, 2.75) is 65.0 Å². The van der Waals surface area contributed by atoms with Gasteiger partial charge in [0.1, 0.15) is 0 Å². The summed E-state index contributed by atoms with van der Waals surface area (Å²) in [5.41, 5.74) is 0.0984. The van der Waals surface area contributed by atoms with Gasteiger partial charge < -0.3 is 20.5 Å². The number of fused-ring (bicyclic) bond motifs is 1. The summed E-state index contributed by atoms with van der Waals surface area (Å²) in [5, 5.41) is 16.2. The molecule has 0 aromatic rings. The van der Waals surface area contributed by atoms with E-state index in [4.69, 9.17) is 9.73 Å². The van der Waals surface area contributed by atoms with Gasteiger partial charge in [0.05, 0.1) is 12.7 Å². The zero-order valence-corrected chi connectivity index (χ0v) is 19.1. The van der Waals surface area contributed by atoms with Crippen LogP contribution >= 0.6 is 24.0 Å². The number of rotatable bonds is 9. The number of nitrogens with zero attached hydrogens (tertiary/aromatic N) is 2. The molecule has 0 aliphatic carbocycles. The number of aliphatic hydroxyl groups is 1. The van der Waals surface area contributed by atoms with Crippen molar-refractivity contribution in [3.63, 3.8) is 0 Å². The standard InChI is InChI=1S/C19H38N4O2.HI/c1-4-19(5-2,9-11-24)15-22-18(20-6-3)21-12-17-13-23-10-7-8-16(23)14-25-17;/h16-17,24H,4-15H2,1-3H3,(H2,20,21,22);1H. The lowest BCUT2D eigenvalue weighted by molar-refractivity contribution is -0.0453. The van der Waals surface area contributed by atoms with E-state index in [1.807, 2.05) is 0 Å². The number of ether oxygens (including phenoxy) is 1. The Morgan fingerprint density at radius 2 is 2.04 bits per heavy atom. The molecule has 2 aliphatic rings. The summed E-state index contributed by atoms with van der Waals surface area (Å²) < 4.78 is 6.03. The molecule has 3 N–H and O–H groups in total. The summed E-state index contributed by atoms with van der Waals surface area (Å²) in [6.45, 7) is 12.2. The Morgan fingerprint density at radius 3 is 2.69 bits per heavy atom. The second-order valence-corrected chi connectivity index (χ2v) is 7.50. The molecule has 2 aliphatic heterocycles. The Balaban J connectivity index is 0.00000338. The Kier molecular flexibility index (Phi) is 11.4. The van der Waals surface area contributed by atoms with Crippen LogP contribution in [0.2, 0.25) is 0 Å². The molecule has 0 bridgehead atoms. The number of halogens is 1. The Bertz CT molecular complexity index is 418.